The molecule has 1 N–H and O–H groups in total. The van der Waals surface area contributed by atoms with E-state index in [-0.39, 0.29) is 0 Å². The molecule has 1 aliphatic carbocycles. The van der Waals surface area contributed by atoms with Gasteiger partial charge in [0, 0.05) is 25.0 Å². The number of rotatable bonds is 6. The summed E-state index contributed by atoms with van der Waals surface area (Å²) in [6, 6.07) is 1.38. The van der Waals surface area contributed by atoms with Crippen LogP contribution in [0.1, 0.15) is 50.7 Å². The van der Waals surface area contributed by atoms with Crippen LogP contribution >= 0.6 is 0 Å². The number of aryl methyl sites for hydroxylation is 1. The maximum Gasteiger partial charge on any atom is 0.240 e. The summed E-state index contributed by atoms with van der Waals surface area (Å²) in [6.07, 6.45) is 7.47. The van der Waals surface area contributed by atoms with Crippen molar-refractivity contribution in [3.63, 3.8) is 0 Å². The highest BCUT2D eigenvalue weighted by atomic mass is 16.5. The Labute approximate surface area is 114 Å². The molecule has 0 spiro atoms. The molecule has 0 radical (unpaired) electrons. The molecule has 1 unspecified atom stereocenters. The van der Waals surface area contributed by atoms with Crippen molar-refractivity contribution >= 4 is 0 Å². The van der Waals surface area contributed by atoms with E-state index >= 15 is 0 Å². The minimum absolute atomic E-state index is 0.642. The predicted octanol–water partition coefficient (Wildman–Crippen LogP) is 1.74. The van der Waals surface area contributed by atoms with Crippen molar-refractivity contribution in [3.8, 4) is 0 Å². The average molecular weight is 264 g/mol. The van der Waals surface area contributed by atoms with Crippen molar-refractivity contribution < 1.29 is 4.52 Å². The van der Waals surface area contributed by atoms with Crippen LogP contribution in [0.15, 0.2) is 4.52 Å². The van der Waals surface area contributed by atoms with Gasteiger partial charge in [-0.2, -0.15) is 4.98 Å². The lowest BCUT2D eigenvalue weighted by molar-refractivity contribution is 0.184. The van der Waals surface area contributed by atoms with Crippen LogP contribution < -0.4 is 5.32 Å². The van der Waals surface area contributed by atoms with E-state index in [1.165, 1.54) is 38.6 Å². The fourth-order valence-electron chi connectivity index (χ4n) is 2.82. The summed E-state index contributed by atoms with van der Waals surface area (Å²) in [6.45, 7) is 5.16. The molecule has 1 atom stereocenters. The average Bonchev–Trinajstić information content (AvgIpc) is 3.20. The standard InChI is InChI=1S/C14H24N4O/c1-2-13-16-14(19-17-13)10-18(12-6-7-12)9-11-5-3-4-8-15-11/h11-12,15H,2-10H2,1H3. The zero-order valence-corrected chi connectivity index (χ0v) is 11.8. The lowest BCUT2D eigenvalue weighted by Gasteiger charge is -2.29. The van der Waals surface area contributed by atoms with Gasteiger partial charge in [-0.3, -0.25) is 4.90 Å². The number of hydrogen-bond donors (Lipinski definition) is 1. The lowest BCUT2D eigenvalue weighted by atomic mass is 10.0. The lowest BCUT2D eigenvalue weighted by Crippen LogP contribution is -2.44. The smallest absolute Gasteiger partial charge is 0.240 e. The second-order valence-electron chi connectivity index (χ2n) is 5.77. The van der Waals surface area contributed by atoms with Gasteiger partial charge in [0.25, 0.3) is 0 Å². The molecule has 106 valence electrons. The molecule has 2 fully saturated rings. The highest BCUT2D eigenvalue weighted by Gasteiger charge is 2.32. The fourth-order valence-corrected chi connectivity index (χ4v) is 2.82. The van der Waals surface area contributed by atoms with E-state index in [9.17, 15) is 0 Å². The summed E-state index contributed by atoms with van der Waals surface area (Å²) in [5.41, 5.74) is 0. The van der Waals surface area contributed by atoms with Gasteiger partial charge in [0.1, 0.15) is 0 Å². The van der Waals surface area contributed by atoms with Gasteiger partial charge in [0.2, 0.25) is 5.89 Å². The highest BCUT2D eigenvalue weighted by Crippen LogP contribution is 2.28. The summed E-state index contributed by atoms with van der Waals surface area (Å²) in [7, 11) is 0. The van der Waals surface area contributed by atoms with Crippen LogP contribution in [0.2, 0.25) is 0 Å². The molecular weight excluding hydrogens is 240 g/mol. The third kappa shape index (κ3) is 3.54. The molecule has 5 heteroatoms. The van der Waals surface area contributed by atoms with Crippen LogP contribution in [0.3, 0.4) is 0 Å². The molecule has 0 amide bonds. The second-order valence-corrected chi connectivity index (χ2v) is 5.77. The molecule has 2 aliphatic rings. The molecule has 0 bridgehead atoms. The molecule has 1 aromatic heterocycles. The Morgan fingerprint density at radius 2 is 2.21 bits per heavy atom. The predicted molar refractivity (Wildman–Crippen MR) is 72.7 cm³/mol. The Morgan fingerprint density at radius 1 is 1.32 bits per heavy atom. The fraction of sp³-hybridized carbons (Fsp3) is 0.857. The van der Waals surface area contributed by atoms with Crippen LogP contribution in [0.25, 0.3) is 0 Å². The highest BCUT2D eigenvalue weighted by molar-refractivity contribution is 4.92. The number of nitrogens with one attached hydrogen (secondary N) is 1. The van der Waals surface area contributed by atoms with Crippen molar-refractivity contribution in [1.29, 1.82) is 0 Å². The van der Waals surface area contributed by atoms with Gasteiger partial charge in [-0.1, -0.05) is 18.5 Å². The first-order valence-corrected chi connectivity index (χ1v) is 7.64. The van der Waals surface area contributed by atoms with E-state index in [0.29, 0.717) is 6.04 Å². The van der Waals surface area contributed by atoms with Crippen LogP contribution in [0.5, 0.6) is 0 Å². The molecule has 2 heterocycles. The Hall–Kier alpha value is -0.940. The summed E-state index contributed by atoms with van der Waals surface area (Å²) in [4.78, 5) is 6.96. The molecule has 0 aromatic carbocycles. The molecular formula is C14H24N4O. The van der Waals surface area contributed by atoms with Crippen LogP contribution in [0.4, 0.5) is 0 Å². The number of piperidine rings is 1. The molecule has 1 saturated heterocycles. The van der Waals surface area contributed by atoms with Crippen molar-refractivity contribution in [1.82, 2.24) is 20.4 Å². The molecule has 19 heavy (non-hydrogen) atoms. The SMILES string of the molecule is CCc1noc(CN(CC2CCCCN2)C2CC2)n1. The van der Waals surface area contributed by atoms with Gasteiger partial charge in [0.15, 0.2) is 5.82 Å². The quantitative estimate of drug-likeness (QED) is 0.848. The summed E-state index contributed by atoms with van der Waals surface area (Å²) in [5, 5.41) is 7.61. The van der Waals surface area contributed by atoms with Gasteiger partial charge in [0.05, 0.1) is 6.54 Å². The molecule has 1 saturated carbocycles. The summed E-state index contributed by atoms with van der Waals surface area (Å²) >= 11 is 0. The van der Waals surface area contributed by atoms with Gasteiger partial charge >= 0.3 is 0 Å². The largest absolute Gasteiger partial charge is 0.338 e. The first-order valence-electron chi connectivity index (χ1n) is 7.64. The zero-order valence-electron chi connectivity index (χ0n) is 11.8. The van der Waals surface area contributed by atoms with E-state index in [4.69, 9.17) is 4.52 Å². The Kier molecular flexibility index (Phi) is 4.13. The number of nitrogens with zero attached hydrogens (tertiary/aromatic N) is 3. The molecule has 5 nitrogen and oxygen atoms in total. The normalized spacial score (nSPS) is 24.0. The van der Waals surface area contributed by atoms with Gasteiger partial charge < -0.3 is 9.84 Å². The van der Waals surface area contributed by atoms with Gasteiger partial charge in [-0.15, -0.1) is 0 Å². The van der Waals surface area contributed by atoms with Crippen LogP contribution in [-0.2, 0) is 13.0 Å². The molecule has 1 aromatic rings. The van der Waals surface area contributed by atoms with E-state index < -0.39 is 0 Å². The monoisotopic (exact) mass is 264 g/mol. The van der Waals surface area contributed by atoms with Crippen molar-refractivity contribution in [2.75, 3.05) is 13.1 Å². The minimum Gasteiger partial charge on any atom is -0.338 e. The zero-order chi connectivity index (χ0) is 13.1. The topological polar surface area (TPSA) is 54.2 Å². The van der Waals surface area contributed by atoms with Crippen LogP contribution in [-0.4, -0.2) is 40.2 Å². The van der Waals surface area contributed by atoms with E-state index in [0.717, 1.165) is 37.3 Å². The first kappa shape index (κ1) is 13.1. The van der Waals surface area contributed by atoms with Crippen molar-refractivity contribution in [2.45, 2.75) is 64.1 Å². The van der Waals surface area contributed by atoms with Crippen molar-refractivity contribution in [2.24, 2.45) is 0 Å². The molecule has 1 aliphatic heterocycles. The van der Waals surface area contributed by atoms with Crippen LogP contribution in [0, 0.1) is 0 Å². The molecule has 3 rings (SSSR count). The third-order valence-corrected chi connectivity index (χ3v) is 4.10. The Balaban J connectivity index is 1.57. The Bertz CT molecular complexity index is 396. The minimum atomic E-state index is 0.642. The summed E-state index contributed by atoms with van der Waals surface area (Å²) in [5.74, 6) is 1.60. The Morgan fingerprint density at radius 3 is 2.84 bits per heavy atom. The van der Waals surface area contributed by atoms with Gasteiger partial charge in [-0.25, -0.2) is 0 Å². The first-order chi connectivity index (χ1) is 9.35. The number of aromatic nitrogens is 2. The number of hydrogen-bond acceptors (Lipinski definition) is 5. The van der Waals surface area contributed by atoms with Gasteiger partial charge in [-0.05, 0) is 32.2 Å². The summed E-state index contributed by atoms with van der Waals surface area (Å²) < 4.78 is 5.33. The van der Waals surface area contributed by atoms with Crippen molar-refractivity contribution in [3.05, 3.63) is 11.7 Å². The maximum atomic E-state index is 5.33. The van der Waals surface area contributed by atoms with E-state index in [2.05, 4.69) is 27.3 Å². The maximum absolute atomic E-state index is 5.33. The van der Waals surface area contributed by atoms with E-state index in [1.54, 1.807) is 0 Å². The van der Waals surface area contributed by atoms with E-state index in [1.807, 2.05) is 0 Å². The second kappa shape index (κ2) is 6.01. The third-order valence-electron chi connectivity index (χ3n) is 4.10.